The van der Waals surface area contributed by atoms with Gasteiger partial charge in [0, 0.05) is 11.5 Å². The Hall–Kier alpha value is -0.520. The summed E-state index contributed by atoms with van der Waals surface area (Å²) < 4.78 is 15.1. The normalized spacial score (nSPS) is 10.7. The van der Waals surface area contributed by atoms with Gasteiger partial charge in [-0.25, -0.2) is 0 Å². The number of hydrogen-bond donors (Lipinski definition) is 0. The Labute approximate surface area is 248 Å². The van der Waals surface area contributed by atoms with E-state index in [9.17, 15) is 9.59 Å². The van der Waals surface area contributed by atoms with Crippen LogP contribution in [0.25, 0.3) is 0 Å². The van der Waals surface area contributed by atoms with Crippen LogP contribution in [-0.2, 0) is 16.0 Å². The molecule has 0 aliphatic heterocycles. The summed E-state index contributed by atoms with van der Waals surface area (Å²) in [5.41, 5.74) is 3.25. The molecule has 0 aliphatic carbocycles. The molecule has 0 radical (unpaired) electrons. The number of ether oxygens (including phenoxy) is 2. The summed E-state index contributed by atoms with van der Waals surface area (Å²) in [7, 11) is 0. The first-order valence-corrected chi connectivity index (χ1v) is 15.5. The molecule has 35 heavy (non-hydrogen) atoms. The lowest BCUT2D eigenvalue weighted by Gasteiger charge is -2.14. The molecule has 0 fully saturated rings. The highest BCUT2D eigenvalue weighted by Gasteiger charge is 2.14. The van der Waals surface area contributed by atoms with Crippen LogP contribution in [-0.4, -0.2) is 35.0 Å². The molecule has 0 heterocycles. The molecule has 0 spiro atoms. The van der Waals surface area contributed by atoms with E-state index in [-0.39, 0.29) is 10.2 Å². The maximum atomic E-state index is 11.6. The zero-order chi connectivity index (χ0) is 26.1. The standard InChI is InChI=1S/C25H24Br4O4S2/c1-14(2)24(30)34-7-5-32-22-18(26)10-16(11-19(22)27)9-17-12-20(28)23(21(29)13-17)33-6-8-35-25(31)15(3)4/h10-13H,1,3,5-9H2,2,4H3. The van der Waals surface area contributed by atoms with Crippen molar-refractivity contribution in [2.45, 2.75) is 20.3 Å². The molecule has 188 valence electrons. The molecule has 0 N–H and O–H groups in total. The van der Waals surface area contributed by atoms with Crippen molar-refractivity contribution in [1.82, 2.24) is 0 Å². The SMILES string of the molecule is C=C(C)C(=O)SCCOc1c(Br)cc(Cc2cc(Br)c(OCCSC(=O)C(=C)C)c(Br)c2)cc1Br. The van der Waals surface area contributed by atoms with E-state index in [1.165, 1.54) is 23.5 Å². The van der Waals surface area contributed by atoms with Crippen LogP contribution in [0.5, 0.6) is 11.5 Å². The lowest BCUT2D eigenvalue weighted by molar-refractivity contribution is -0.108. The summed E-state index contributed by atoms with van der Waals surface area (Å²) in [6, 6.07) is 8.09. The molecule has 2 aromatic rings. The molecular weight excluding hydrogens is 748 g/mol. The van der Waals surface area contributed by atoms with Gasteiger partial charge in [-0.1, -0.05) is 36.7 Å². The van der Waals surface area contributed by atoms with Crippen LogP contribution in [0.15, 0.2) is 66.5 Å². The smallest absolute Gasteiger partial charge is 0.214 e. The van der Waals surface area contributed by atoms with E-state index < -0.39 is 0 Å². The second kappa shape index (κ2) is 15.0. The fraction of sp³-hybridized carbons (Fsp3) is 0.280. The minimum atomic E-state index is -0.0208. The Morgan fingerprint density at radius 1 is 0.714 bits per heavy atom. The van der Waals surface area contributed by atoms with Crippen LogP contribution in [0.4, 0.5) is 0 Å². The first-order chi connectivity index (χ1) is 16.5. The van der Waals surface area contributed by atoms with Crippen molar-refractivity contribution in [2.24, 2.45) is 0 Å². The zero-order valence-electron chi connectivity index (χ0n) is 19.2. The van der Waals surface area contributed by atoms with Crippen LogP contribution < -0.4 is 9.47 Å². The van der Waals surface area contributed by atoms with Crippen LogP contribution in [0.2, 0.25) is 0 Å². The van der Waals surface area contributed by atoms with Gasteiger partial charge in [0.1, 0.15) is 11.5 Å². The number of thioether (sulfide) groups is 2. The van der Waals surface area contributed by atoms with Gasteiger partial charge in [-0.15, -0.1) is 0 Å². The van der Waals surface area contributed by atoms with Crippen molar-refractivity contribution in [1.29, 1.82) is 0 Å². The Morgan fingerprint density at radius 2 is 1.03 bits per heavy atom. The van der Waals surface area contributed by atoms with E-state index in [2.05, 4.69) is 76.9 Å². The van der Waals surface area contributed by atoms with E-state index in [0.29, 0.717) is 53.8 Å². The summed E-state index contributed by atoms with van der Waals surface area (Å²) in [4.78, 5) is 23.3. The van der Waals surface area contributed by atoms with E-state index in [1.807, 2.05) is 24.3 Å². The van der Waals surface area contributed by atoms with Gasteiger partial charge in [0.05, 0.1) is 31.1 Å². The number of rotatable bonds is 12. The Balaban J connectivity index is 1.99. The monoisotopic (exact) mass is 768 g/mol. The predicted octanol–water partition coefficient (Wildman–Crippen LogP) is 8.76. The highest BCUT2D eigenvalue weighted by molar-refractivity contribution is 9.11. The summed E-state index contributed by atoms with van der Waals surface area (Å²) in [5, 5.41) is -0.0415. The molecule has 10 heteroatoms. The van der Waals surface area contributed by atoms with Crippen LogP contribution >= 0.6 is 87.2 Å². The second-order valence-corrected chi connectivity index (χ2v) is 13.0. The maximum Gasteiger partial charge on any atom is 0.214 e. The molecular formula is C25H24Br4O4S2. The molecule has 0 bridgehead atoms. The fourth-order valence-electron chi connectivity index (χ4n) is 2.74. The van der Waals surface area contributed by atoms with Gasteiger partial charge < -0.3 is 9.47 Å². The van der Waals surface area contributed by atoms with Crippen molar-refractivity contribution in [3.8, 4) is 11.5 Å². The number of hydrogen-bond acceptors (Lipinski definition) is 6. The van der Waals surface area contributed by atoms with Gasteiger partial charge >= 0.3 is 0 Å². The largest absolute Gasteiger partial charge is 0.490 e. The van der Waals surface area contributed by atoms with Crippen molar-refractivity contribution in [3.05, 3.63) is 77.6 Å². The summed E-state index contributed by atoms with van der Waals surface area (Å²) in [5.74, 6) is 2.50. The van der Waals surface area contributed by atoms with E-state index in [4.69, 9.17) is 9.47 Å². The molecule has 2 aromatic carbocycles. The highest BCUT2D eigenvalue weighted by atomic mass is 79.9. The van der Waals surface area contributed by atoms with Crippen molar-refractivity contribution >= 4 is 97.5 Å². The fourth-order valence-corrected chi connectivity index (χ4v) is 6.96. The van der Waals surface area contributed by atoms with E-state index in [1.54, 1.807) is 13.8 Å². The Bertz CT molecular complexity index is 1000. The molecule has 0 saturated heterocycles. The zero-order valence-corrected chi connectivity index (χ0v) is 27.2. The molecule has 0 amide bonds. The van der Waals surface area contributed by atoms with E-state index in [0.717, 1.165) is 29.0 Å². The lowest BCUT2D eigenvalue weighted by atomic mass is 10.0. The van der Waals surface area contributed by atoms with Gasteiger partial charge in [0.15, 0.2) is 0 Å². The van der Waals surface area contributed by atoms with Crippen molar-refractivity contribution < 1.29 is 19.1 Å². The third-order valence-corrected chi connectivity index (χ3v) is 8.67. The number of carbonyl (C=O) groups is 2. The van der Waals surface area contributed by atoms with Crippen LogP contribution in [0.1, 0.15) is 25.0 Å². The topological polar surface area (TPSA) is 52.6 Å². The lowest BCUT2D eigenvalue weighted by Crippen LogP contribution is -2.05. The first-order valence-electron chi connectivity index (χ1n) is 10.4. The molecule has 2 rings (SSSR count). The van der Waals surface area contributed by atoms with Crippen molar-refractivity contribution in [2.75, 3.05) is 24.7 Å². The predicted molar refractivity (Wildman–Crippen MR) is 162 cm³/mol. The van der Waals surface area contributed by atoms with Crippen LogP contribution in [0.3, 0.4) is 0 Å². The first kappa shape index (κ1) is 30.7. The van der Waals surface area contributed by atoms with E-state index >= 15 is 0 Å². The number of halogens is 4. The maximum absolute atomic E-state index is 11.6. The van der Waals surface area contributed by atoms with Gasteiger partial charge in [-0.05, 0) is 131 Å². The number of carbonyl (C=O) groups excluding carboxylic acids is 2. The Kier molecular flexibility index (Phi) is 13.2. The molecule has 0 aliphatic rings. The van der Waals surface area contributed by atoms with Gasteiger partial charge in [0.25, 0.3) is 0 Å². The summed E-state index contributed by atoms with van der Waals surface area (Å²) in [6.07, 6.45) is 0.695. The van der Waals surface area contributed by atoms with Crippen molar-refractivity contribution in [3.63, 3.8) is 0 Å². The Morgan fingerprint density at radius 3 is 1.31 bits per heavy atom. The summed E-state index contributed by atoms with van der Waals surface area (Å²) >= 11 is 16.8. The highest BCUT2D eigenvalue weighted by Crippen LogP contribution is 2.38. The molecule has 0 aromatic heterocycles. The molecule has 0 atom stereocenters. The quantitative estimate of drug-likeness (QED) is 0.159. The van der Waals surface area contributed by atoms with Gasteiger partial charge in [-0.3, -0.25) is 9.59 Å². The molecule has 0 unspecified atom stereocenters. The van der Waals surface area contributed by atoms with Gasteiger partial charge in [0.2, 0.25) is 10.2 Å². The van der Waals surface area contributed by atoms with Crippen LogP contribution in [0, 0.1) is 0 Å². The average molecular weight is 772 g/mol. The summed E-state index contributed by atoms with van der Waals surface area (Å²) in [6.45, 7) is 11.5. The third-order valence-electron chi connectivity index (χ3n) is 4.35. The minimum Gasteiger partial charge on any atom is -0.490 e. The molecule has 4 nitrogen and oxygen atoms in total. The molecule has 0 saturated carbocycles. The minimum absolute atomic E-state index is 0.0208. The third kappa shape index (κ3) is 10.0. The average Bonchev–Trinajstić information content (AvgIpc) is 2.76. The second-order valence-electron chi connectivity index (χ2n) is 7.48. The van der Waals surface area contributed by atoms with Gasteiger partial charge in [-0.2, -0.15) is 0 Å². The number of benzene rings is 2.